The first-order valence-electron chi connectivity index (χ1n) is 5.71. The van der Waals surface area contributed by atoms with Gasteiger partial charge in [0.2, 0.25) is 0 Å². The summed E-state index contributed by atoms with van der Waals surface area (Å²) in [6.07, 6.45) is 5.06. The average Bonchev–Trinajstić information content (AvgIpc) is 2.97. The van der Waals surface area contributed by atoms with Crippen LogP contribution in [0.3, 0.4) is 0 Å². The van der Waals surface area contributed by atoms with Gasteiger partial charge in [0.25, 0.3) is 0 Å². The highest BCUT2D eigenvalue weighted by Gasteiger charge is 2.31. The van der Waals surface area contributed by atoms with Crippen LogP contribution in [0.25, 0.3) is 0 Å². The van der Waals surface area contributed by atoms with E-state index < -0.39 is 0 Å². The third-order valence-electron chi connectivity index (χ3n) is 2.88. The Hall–Kier alpha value is -0.730. The lowest BCUT2D eigenvalue weighted by Crippen LogP contribution is -2.35. The number of rotatable bonds is 5. The van der Waals surface area contributed by atoms with Gasteiger partial charge in [-0.15, -0.1) is 0 Å². The topological polar surface area (TPSA) is 29.5 Å². The molecule has 1 amide bonds. The Bertz CT molecular complexity index is 195. The van der Waals surface area contributed by atoms with Crippen molar-refractivity contribution >= 4 is 6.09 Å². The zero-order valence-corrected chi connectivity index (χ0v) is 8.87. The van der Waals surface area contributed by atoms with Crippen LogP contribution in [0, 0.1) is 11.8 Å². The molecule has 0 bridgehead atoms. The molecule has 2 fully saturated rings. The van der Waals surface area contributed by atoms with Gasteiger partial charge in [-0.2, -0.15) is 0 Å². The van der Waals surface area contributed by atoms with Crippen LogP contribution in [0.15, 0.2) is 0 Å². The molecule has 0 aliphatic heterocycles. The molecule has 0 aromatic rings. The van der Waals surface area contributed by atoms with E-state index in [0.717, 1.165) is 24.9 Å². The fourth-order valence-electron chi connectivity index (χ4n) is 1.66. The molecule has 0 radical (unpaired) electrons. The predicted molar refractivity (Wildman–Crippen MR) is 54.0 cm³/mol. The number of hydrogen-bond donors (Lipinski definition) is 0. The van der Waals surface area contributed by atoms with Crippen molar-refractivity contribution in [1.82, 2.24) is 4.90 Å². The zero-order valence-electron chi connectivity index (χ0n) is 8.87. The van der Waals surface area contributed by atoms with E-state index in [1.165, 1.54) is 25.7 Å². The van der Waals surface area contributed by atoms with Gasteiger partial charge in [-0.1, -0.05) is 0 Å². The lowest BCUT2D eigenvalue weighted by atomic mass is 10.3. The van der Waals surface area contributed by atoms with Crippen molar-refractivity contribution in [3.05, 3.63) is 0 Å². The Morgan fingerprint density at radius 1 is 1.21 bits per heavy atom. The largest absolute Gasteiger partial charge is 0.450 e. The van der Waals surface area contributed by atoms with E-state index >= 15 is 0 Å². The number of nitrogens with zero attached hydrogens (tertiary/aromatic N) is 1. The summed E-state index contributed by atoms with van der Waals surface area (Å²) in [5, 5.41) is 0. The second-order valence-electron chi connectivity index (χ2n) is 4.49. The maximum atomic E-state index is 11.6. The molecule has 0 unspecified atom stereocenters. The van der Waals surface area contributed by atoms with Crippen LogP contribution >= 0.6 is 0 Å². The maximum Gasteiger partial charge on any atom is 0.409 e. The Morgan fingerprint density at radius 3 is 2.07 bits per heavy atom. The molecule has 0 atom stereocenters. The van der Waals surface area contributed by atoms with Crippen molar-refractivity contribution in [3.63, 3.8) is 0 Å². The van der Waals surface area contributed by atoms with Gasteiger partial charge in [0.15, 0.2) is 0 Å². The van der Waals surface area contributed by atoms with Crippen LogP contribution in [-0.2, 0) is 4.74 Å². The normalized spacial score (nSPS) is 20.6. The molecule has 0 saturated heterocycles. The van der Waals surface area contributed by atoms with E-state index in [4.69, 9.17) is 4.74 Å². The van der Waals surface area contributed by atoms with Gasteiger partial charge in [-0.05, 0) is 44.4 Å². The molecule has 3 heteroatoms. The molecular weight excluding hydrogens is 178 g/mol. The van der Waals surface area contributed by atoms with Crippen molar-refractivity contribution in [3.8, 4) is 0 Å². The highest BCUT2D eigenvalue weighted by atomic mass is 16.6. The number of hydrogen-bond acceptors (Lipinski definition) is 2. The second kappa shape index (κ2) is 4.20. The summed E-state index contributed by atoms with van der Waals surface area (Å²) in [6, 6.07) is 0. The Kier molecular flexibility index (Phi) is 2.94. The quantitative estimate of drug-likeness (QED) is 0.676. The maximum absolute atomic E-state index is 11.6. The van der Waals surface area contributed by atoms with Crippen molar-refractivity contribution in [1.29, 1.82) is 0 Å². The third kappa shape index (κ3) is 2.89. The van der Waals surface area contributed by atoms with E-state index in [9.17, 15) is 4.79 Å². The molecule has 2 aliphatic carbocycles. The van der Waals surface area contributed by atoms with Crippen molar-refractivity contribution in [2.24, 2.45) is 11.8 Å². The molecule has 0 aromatic heterocycles. The summed E-state index contributed by atoms with van der Waals surface area (Å²) in [4.78, 5) is 13.5. The van der Waals surface area contributed by atoms with Crippen LogP contribution in [-0.4, -0.2) is 30.7 Å². The number of ether oxygens (including phenoxy) is 1. The minimum Gasteiger partial charge on any atom is -0.450 e. The molecular formula is C11H19NO2. The zero-order chi connectivity index (χ0) is 9.97. The standard InChI is InChI=1S/C11H19NO2/c1-2-14-11(13)12(7-9-3-4-9)8-10-5-6-10/h9-10H,2-8H2,1H3. The van der Waals surface area contributed by atoms with Crippen molar-refractivity contribution < 1.29 is 9.53 Å². The number of carbonyl (C=O) groups excluding carboxylic acids is 1. The van der Waals surface area contributed by atoms with Gasteiger partial charge in [0.05, 0.1) is 6.61 Å². The van der Waals surface area contributed by atoms with Gasteiger partial charge in [-0.3, -0.25) is 0 Å². The SMILES string of the molecule is CCOC(=O)N(CC1CC1)CC1CC1. The molecule has 0 N–H and O–H groups in total. The third-order valence-corrected chi connectivity index (χ3v) is 2.88. The summed E-state index contributed by atoms with van der Waals surface area (Å²) in [6.45, 7) is 4.21. The Balaban J connectivity index is 1.78. The molecule has 2 rings (SSSR count). The van der Waals surface area contributed by atoms with Gasteiger partial charge >= 0.3 is 6.09 Å². The van der Waals surface area contributed by atoms with E-state index in [0.29, 0.717) is 6.61 Å². The summed E-state index contributed by atoms with van der Waals surface area (Å²) in [5.74, 6) is 1.52. The number of amides is 1. The summed E-state index contributed by atoms with van der Waals surface area (Å²) in [7, 11) is 0. The Morgan fingerprint density at radius 2 is 1.71 bits per heavy atom. The summed E-state index contributed by atoms with van der Waals surface area (Å²) in [5.41, 5.74) is 0. The molecule has 0 heterocycles. The highest BCUT2D eigenvalue weighted by Crippen LogP contribution is 2.33. The van der Waals surface area contributed by atoms with Crippen LogP contribution in [0.1, 0.15) is 32.6 Å². The van der Waals surface area contributed by atoms with Crippen LogP contribution < -0.4 is 0 Å². The smallest absolute Gasteiger partial charge is 0.409 e. The van der Waals surface area contributed by atoms with E-state index in [-0.39, 0.29) is 6.09 Å². The highest BCUT2D eigenvalue weighted by molar-refractivity contribution is 5.67. The first-order valence-corrected chi connectivity index (χ1v) is 5.71. The first-order chi connectivity index (χ1) is 6.79. The molecule has 14 heavy (non-hydrogen) atoms. The molecule has 3 nitrogen and oxygen atoms in total. The predicted octanol–water partition coefficient (Wildman–Crippen LogP) is 2.26. The summed E-state index contributed by atoms with van der Waals surface area (Å²) >= 11 is 0. The van der Waals surface area contributed by atoms with Gasteiger partial charge < -0.3 is 9.64 Å². The second-order valence-corrected chi connectivity index (χ2v) is 4.49. The molecule has 2 saturated carbocycles. The molecule has 80 valence electrons. The fraction of sp³-hybridized carbons (Fsp3) is 0.909. The Labute approximate surface area is 85.4 Å². The minimum atomic E-state index is -0.105. The van der Waals surface area contributed by atoms with E-state index in [1.807, 2.05) is 11.8 Å². The van der Waals surface area contributed by atoms with Crippen LogP contribution in [0.2, 0.25) is 0 Å². The average molecular weight is 197 g/mol. The molecule has 0 aromatic carbocycles. The monoisotopic (exact) mass is 197 g/mol. The van der Waals surface area contributed by atoms with Gasteiger partial charge in [-0.25, -0.2) is 4.79 Å². The van der Waals surface area contributed by atoms with Gasteiger partial charge in [0, 0.05) is 13.1 Å². The van der Waals surface area contributed by atoms with Crippen LogP contribution in [0.5, 0.6) is 0 Å². The van der Waals surface area contributed by atoms with Crippen LogP contribution in [0.4, 0.5) is 4.79 Å². The summed E-state index contributed by atoms with van der Waals surface area (Å²) < 4.78 is 5.05. The van der Waals surface area contributed by atoms with E-state index in [1.54, 1.807) is 0 Å². The number of carbonyl (C=O) groups is 1. The lowest BCUT2D eigenvalue weighted by Gasteiger charge is -2.21. The fourth-order valence-corrected chi connectivity index (χ4v) is 1.66. The molecule has 0 spiro atoms. The van der Waals surface area contributed by atoms with E-state index in [2.05, 4.69) is 0 Å². The molecule has 2 aliphatic rings. The van der Waals surface area contributed by atoms with Gasteiger partial charge in [0.1, 0.15) is 0 Å². The van der Waals surface area contributed by atoms with Crippen molar-refractivity contribution in [2.45, 2.75) is 32.6 Å². The lowest BCUT2D eigenvalue weighted by molar-refractivity contribution is 0.103. The first kappa shape index (κ1) is 9.81. The minimum absolute atomic E-state index is 0.105. The van der Waals surface area contributed by atoms with Crippen molar-refractivity contribution in [2.75, 3.05) is 19.7 Å².